The van der Waals surface area contributed by atoms with Crippen molar-refractivity contribution >= 4 is 19.5 Å². The summed E-state index contributed by atoms with van der Waals surface area (Å²) in [4.78, 5) is 27.5. The van der Waals surface area contributed by atoms with Crippen LogP contribution in [0.5, 0.6) is 5.75 Å². The van der Waals surface area contributed by atoms with E-state index in [1.165, 1.54) is 39.0 Å². The Balaban J connectivity index is 1.97. The minimum atomic E-state index is -4.65. The van der Waals surface area contributed by atoms with E-state index in [4.69, 9.17) is 19.5 Å². The number of aliphatic hydroxyl groups excluding tert-OH is 1. The van der Waals surface area contributed by atoms with Crippen LogP contribution in [-0.2, 0) is 18.6 Å². The van der Waals surface area contributed by atoms with E-state index in [9.17, 15) is 29.5 Å². The number of carboxylic acids is 1. The number of nitrogens with zero attached hydrogens (tertiary/aromatic N) is 3. The van der Waals surface area contributed by atoms with Gasteiger partial charge in [0.2, 0.25) is 0 Å². The Labute approximate surface area is 211 Å². The minimum absolute atomic E-state index is 0.0410. The zero-order valence-electron chi connectivity index (χ0n) is 20.6. The number of para-hydroxylation sites is 1. The van der Waals surface area contributed by atoms with Gasteiger partial charge >= 0.3 is 19.4 Å². The molecular weight excluding hydrogens is 514 g/mol. The zero-order valence-corrected chi connectivity index (χ0v) is 21.5. The van der Waals surface area contributed by atoms with Gasteiger partial charge in [-0.15, -0.1) is 0 Å². The van der Waals surface area contributed by atoms with Crippen LogP contribution >= 0.6 is 7.75 Å². The molecule has 6 atom stereocenters. The van der Waals surface area contributed by atoms with E-state index in [-0.39, 0.29) is 11.6 Å². The highest BCUT2D eigenvalue weighted by atomic mass is 31.2. The molecule has 1 aliphatic rings. The van der Waals surface area contributed by atoms with Gasteiger partial charge in [0.25, 0.3) is 5.85 Å². The lowest BCUT2D eigenvalue weighted by atomic mass is 9.95. The van der Waals surface area contributed by atoms with E-state index >= 15 is 4.39 Å². The van der Waals surface area contributed by atoms with Gasteiger partial charge in [-0.2, -0.15) is 9.65 Å². The monoisotopic (exact) mass is 544 g/mol. The molecule has 0 spiro atoms. The second kappa shape index (κ2) is 10.5. The molecule has 3 rings (SSSR count). The third kappa shape index (κ3) is 5.69. The third-order valence-electron chi connectivity index (χ3n) is 5.83. The number of aromatic nitrogens is 2. The Morgan fingerprint density at radius 2 is 1.95 bits per heavy atom. The summed E-state index contributed by atoms with van der Waals surface area (Å²) in [5.74, 6) is -4.65. The highest BCUT2D eigenvalue weighted by Gasteiger charge is 2.64. The lowest BCUT2D eigenvalue weighted by Crippen LogP contribution is -2.50. The van der Waals surface area contributed by atoms with Crippen molar-refractivity contribution in [3.8, 4) is 5.75 Å². The Kier molecular flexibility index (Phi) is 8.13. The van der Waals surface area contributed by atoms with Crippen LogP contribution in [0.3, 0.4) is 0 Å². The second-order valence-corrected chi connectivity index (χ2v) is 10.9. The molecule has 1 saturated heterocycles. The molecule has 0 amide bonds. The molecule has 0 radical (unpaired) electrons. The van der Waals surface area contributed by atoms with Crippen LogP contribution in [0.4, 0.5) is 10.2 Å². The summed E-state index contributed by atoms with van der Waals surface area (Å²) in [7, 11) is -4.65. The SMILES string of the molecule is CC(C)N([C@@H](C)C(=O)O)[P@](=O)(OC[C@@]1(F)O[C@@H](n2ccc(N)nc2=O)[C@](C)(O)[C@@H]1O)Oc1ccccc1. The van der Waals surface area contributed by atoms with Crippen LogP contribution in [0.2, 0.25) is 0 Å². The lowest BCUT2D eigenvalue weighted by Gasteiger charge is -2.36. The number of halogens is 1. The first-order valence-electron chi connectivity index (χ1n) is 11.2. The second-order valence-electron chi connectivity index (χ2n) is 9.06. The predicted molar refractivity (Wildman–Crippen MR) is 128 cm³/mol. The minimum Gasteiger partial charge on any atom is -0.480 e. The third-order valence-corrected chi connectivity index (χ3v) is 8.10. The Hall–Kier alpha value is -2.87. The summed E-state index contributed by atoms with van der Waals surface area (Å²) in [6.07, 6.45) is -2.98. The number of ether oxygens (including phenoxy) is 1. The number of nitrogens with two attached hydrogens (primary N) is 1. The summed E-state index contributed by atoms with van der Waals surface area (Å²) in [6, 6.07) is 6.77. The number of anilines is 1. The highest BCUT2D eigenvalue weighted by Crippen LogP contribution is 2.56. The largest absolute Gasteiger partial charge is 0.480 e. The van der Waals surface area contributed by atoms with Crippen molar-refractivity contribution in [3.05, 3.63) is 53.1 Å². The topological polar surface area (TPSA) is 187 Å². The van der Waals surface area contributed by atoms with E-state index < -0.39 is 61.9 Å². The maximum absolute atomic E-state index is 16.0. The normalized spacial score (nSPS) is 28.2. The van der Waals surface area contributed by atoms with Crippen molar-refractivity contribution in [3.63, 3.8) is 0 Å². The Morgan fingerprint density at radius 1 is 1.32 bits per heavy atom. The van der Waals surface area contributed by atoms with E-state index in [0.717, 1.165) is 22.4 Å². The fourth-order valence-electron chi connectivity index (χ4n) is 3.98. The molecule has 2 aromatic rings. The van der Waals surface area contributed by atoms with Crippen LogP contribution in [0, 0.1) is 0 Å². The molecule has 0 aliphatic carbocycles. The molecule has 37 heavy (non-hydrogen) atoms. The summed E-state index contributed by atoms with van der Waals surface area (Å²) >= 11 is 0. The summed E-state index contributed by atoms with van der Waals surface area (Å²) < 4.78 is 48.0. The van der Waals surface area contributed by atoms with Crippen molar-refractivity contribution in [2.45, 2.75) is 63.6 Å². The van der Waals surface area contributed by atoms with Crippen molar-refractivity contribution in [1.82, 2.24) is 14.2 Å². The maximum Gasteiger partial charge on any atom is 0.462 e. The fourth-order valence-corrected chi connectivity index (χ4v) is 6.07. The molecule has 1 aliphatic heterocycles. The van der Waals surface area contributed by atoms with Gasteiger partial charge in [-0.1, -0.05) is 18.2 Å². The van der Waals surface area contributed by atoms with Gasteiger partial charge in [0.15, 0.2) is 6.23 Å². The molecule has 1 aromatic heterocycles. The number of benzene rings is 1. The van der Waals surface area contributed by atoms with Gasteiger partial charge < -0.3 is 30.3 Å². The fraction of sp³-hybridized carbons (Fsp3) is 0.500. The molecule has 0 unspecified atom stereocenters. The first kappa shape index (κ1) is 28.7. The molecule has 204 valence electrons. The molecule has 1 aromatic carbocycles. The Bertz CT molecular complexity index is 1230. The van der Waals surface area contributed by atoms with Crippen LogP contribution < -0.4 is 15.9 Å². The van der Waals surface area contributed by atoms with Gasteiger partial charge in [0, 0.05) is 12.2 Å². The molecule has 13 nitrogen and oxygen atoms in total. The summed E-state index contributed by atoms with van der Waals surface area (Å²) in [5, 5.41) is 31.1. The number of nitrogen functional groups attached to an aromatic ring is 1. The number of hydrogen-bond donors (Lipinski definition) is 4. The number of rotatable bonds is 10. The van der Waals surface area contributed by atoms with Crippen LogP contribution in [0.25, 0.3) is 0 Å². The standard InChI is InChI=1S/C22H30FN4O9P/c1-13(2)27(14(3)17(28)29)37(33,36-15-8-6-5-7-9-15)34-12-22(23)18(30)21(4,32)19(35-22)26-11-10-16(24)25-20(26)31/h5-11,13-14,18-19,30,32H,12H2,1-4H3,(H,28,29)(H2,24,25,31)/t14-,18-,19+,21+,22+,37-/m0/s1. The van der Waals surface area contributed by atoms with Gasteiger partial charge in [-0.05, 0) is 45.9 Å². The van der Waals surface area contributed by atoms with Gasteiger partial charge in [-0.25, -0.2) is 13.8 Å². The lowest BCUT2D eigenvalue weighted by molar-refractivity contribution is -0.204. The van der Waals surface area contributed by atoms with Crippen LogP contribution in [0.15, 0.2) is 47.4 Å². The van der Waals surface area contributed by atoms with Crippen molar-refractivity contribution in [2.75, 3.05) is 12.3 Å². The quantitative estimate of drug-likeness (QED) is 0.316. The first-order chi connectivity index (χ1) is 17.1. The molecule has 1 fully saturated rings. The van der Waals surface area contributed by atoms with Crippen molar-refractivity contribution in [1.29, 1.82) is 0 Å². The van der Waals surface area contributed by atoms with Gasteiger partial charge in [0.05, 0.1) is 0 Å². The van der Waals surface area contributed by atoms with Gasteiger partial charge in [-0.3, -0.25) is 13.9 Å². The maximum atomic E-state index is 16.0. The number of hydrogen-bond acceptors (Lipinski definition) is 10. The average Bonchev–Trinajstić information content (AvgIpc) is 2.98. The highest BCUT2D eigenvalue weighted by molar-refractivity contribution is 7.51. The smallest absolute Gasteiger partial charge is 0.462 e. The molecule has 5 N–H and O–H groups in total. The molecule has 0 saturated carbocycles. The van der Waals surface area contributed by atoms with Crippen LogP contribution in [0.1, 0.15) is 33.9 Å². The zero-order chi connectivity index (χ0) is 27.8. The van der Waals surface area contributed by atoms with E-state index in [2.05, 4.69) is 4.98 Å². The molecular formula is C22H30FN4O9P. The molecule has 15 heteroatoms. The van der Waals surface area contributed by atoms with Gasteiger partial charge in [0.1, 0.15) is 35.9 Å². The number of alkyl halides is 1. The number of aliphatic carboxylic acids is 1. The van der Waals surface area contributed by atoms with E-state index in [1.54, 1.807) is 18.2 Å². The predicted octanol–water partition coefficient (Wildman–Crippen LogP) is 1.52. The Morgan fingerprint density at radius 3 is 2.49 bits per heavy atom. The average molecular weight is 544 g/mol. The molecule has 0 bridgehead atoms. The van der Waals surface area contributed by atoms with Crippen molar-refractivity contribution in [2.24, 2.45) is 0 Å². The summed E-state index contributed by atoms with van der Waals surface area (Å²) in [5.41, 5.74) is 2.11. The number of carboxylic acid groups (broad SMARTS) is 1. The van der Waals surface area contributed by atoms with Crippen molar-refractivity contribution < 1.29 is 42.9 Å². The van der Waals surface area contributed by atoms with E-state index in [0.29, 0.717) is 0 Å². The van der Waals surface area contributed by atoms with Crippen LogP contribution in [-0.4, -0.2) is 71.8 Å². The molecule has 2 heterocycles. The number of carbonyl (C=O) groups is 1. The summed E-state index contributed by atoms with van der Waals surface area (Å²) in [6.45, 7) is 4.09. The van der Waals surface area contributed by atoms with E-state index in [1.807, 2.05) is 0 Å². The first-order valence-corrected chi connectivity index (χ1v) is 12.7. The number of aliphatic hydroxyl groups is 2.